The molecule has 1 aromatic heterocycles. The van der Waals surface area contributed by atoms with Crippen molar-refractivity contribution in [1.29, 1.82) is 0 Å². The number of hydrogen-bond acceptors (Lipinski definition) is 5. The Morgan fingerprint density at radius 2 is 1.74 bits per heavy atom. The van der Waals surface area contributed by atoms with Gasteiger partial charge in [0.15, 0.2) is 0 Å². The molecular formula is C24H27FN2O4. The van der Waals surface area contributed by atoms with E-state index in [-0.39, 0.29) is 18.0 Å². The zero-order chi connectivity index (χ0) is 22.2. The molecule has 0 bridgehead atoms. The number of halogens is 1. The van der Waals surface area contributed by atoms with E-state index < -0.39 is 6.23 Å². The highest BCUT2D eigenvalue weighted by Gasteiger charge is 2.08. The van der Waals surface area contributed by atoms with Crippen molar-refractivity contribution in [2.24, 2.45) is 0 Å². The van der Waals surface area contributed by atoms with Gasteiger partial charge >= 0.3 is 0 Å². The molecule has 6 nitrogen and oxygen atoms in total. The van der Waals surface area contributed by atoms with Gasteiger partial charge in [-0.25, -0.2) is 4.39 Å². The van der Waals surface area contributed by atoms with Crippen LogP contribution in [0.4, 0.5) is 4.39 Å². The van der Waals surface area contributed by atoms with Gasteiger partial charge in [0.25, 0.3) is 5.56 Å². The summed E-state index contributed by atoms with van der Waals surface area (Å²) in [7, 11) is 0. The first kappa shape index (κ1) is 22.5. The van der Waals surface area contributed by atoms with Gasteiger partial charge in [-0.15, -0.1) is 0 Å². The summed E-state index contributed by atoms with van der Waals surface area (Å²) in [6.07, 6.45) is 1.14. The van der Waals surface area contributed by atoms with E-state index in [1.807, 2.05) is 24.0 Å². The molecule has 1 heterocycles. The Balaban J connectivity index is 1.58. The van der Waals surface area contributed by atoms with E-state index in [4.69, 9.17) is 9.47 Å². The molecule has 0 radical (unpaired) electrons. The summed E-state index contributed by atoms with van der Waals surface area (Å²) < 4.78 is 25.8. The molecule has 7 heteroatoms. The Morgan fingerprint density at radius 1 is 1.03 bits per heavy atom. The number of ether oxygens (including phenoxy) is 2. The highest BCUT2D eigenvalue weighted by molar-refractivity contribution is 5.38. The number of benzene rings is 2. The van der Waals surface area contributed by atoms with Crippen LogP contribution in [0.3, 0.4) is 0 Å². The highest BCUT2D eigenvalue weighted by atomic mass is 19.1. The van der Waals surface area contributed by atoms with Gasteiger partial charge < -0.3 is 14.6 Å². The van der Waals surface area contributed by atoms with Crippen LogP contribution in [0.2, 0.25) is 0 Å². The molecule has 1 atom stereocenters. The number of hydrogen-bond donors (Lipinski definition) is 1. The number of aliphatic hydroxyl groups excluding tert-OH is 1. The number of aliphatic hydroxyl groups is 1. The number of likely N-dealkylation sites (N-methyl/N-ethyl adjacent to an activating group) is 1. The van der Waals surface area contributed by atoms with Crippen LogP contribution in [-0.4, -0.2) is 40.5 Å². The fraction of sp³-hybridized carbons (Fsp3) is 0.292. The van der Waals surface area contributed by atoms with Crippen LogP contribution in [0.15, 0.2) is 71.7 Å². The third-order valence-corrected chi connectivity index (χ3v) is 4.91. The van der Waals surface area contributed by atoms with Gasteiger partial charge in [-0.05, 0) is 61.5 Å². The molecule has 2 aromatic carbocycles. The van der Waals surface area contributed by atoms with E-state index in [9.17, 15) is 14.3 Å². The summed E-state index contributed by atoms with van der Waals surface area (Å²) in [5, 5.41) is 9.63. The zero-order valence-electron chi connectivity index (χ0n) is 17.7. The normalized spacial score (nSPS) is 12.0. The fourth-order valence-corrected chi connectivity index (χ4v) is 3.10. The second-order valence-electron chi connectivity index (χ2n) is 7.09. The number of pyridine rings is 1. The van der Waals surface area contributed by atoms with Crippen LogP contribution in [0, 0.1) is 5.82 Å². The Hall–Kier alpha value is -3.16. The van der Waals surface area contributed by atoms with Crippen LogP contribution < -0.4 is 15.0 Å². The average Bonchev–Trinajstić information content (AvgIpc) is 2.77. The maximum absolute atomic E-state index is 13.0. The maximum atomic E-state index is 13.0. The van der Waals surface area contributed by atoms with Gasteiger partial charge in [0.2, 0.25) is 0 Å². The minimum Gasteiger partial charge on any atom is -0.492 e. The van der Waals surface area contributed by atoms with Crippen molar-refractivity contribution in [3.63, 3.8) is 0 Å². The number of rotatable bonds is 10. The highest BCUT2D eigenvalue weighted by Crippen LogP contribution is 2.16. The van der Waals surface area contributed by atoms with Crippen molar-refractivity contribution in [2.45, 2.75) is 26.7 Å². The Morgan fingerprint density at radius 3 is 2.35 bits per heavy atom. The topological polar surface area (TPSA) is 63.9 Å². The summed E-state index contributed by atoms with van der Waals surface area (Å²) in [6.45, 7) is 5.78. The lowest BCUT2D eigenvalue weighted by Crippen LogP contribution is -2.35. The van der Waals surface area contributed by atoms with Gasteiger partial charge in [0, 0.05) is 24.5 Å². The van der Waals surface area contributed by atoms with E-state index in [0.717, 1.165) is 12.1 Å². The first-order chi connectivity index (χ1) is 15.0. The third-order valence-electron chi connectivity index (χ3n) is 4.91. The van der Waals surface area contributed by atoms with E-state index in [1.54, 1.807) is 43.5 Å². The largest absolute Gasteiger partial charge is 0.492 e. The molecule has 31 heavy (non-hydrogen) atoms. The van der Waals surface area contributed by atoms with Crippen molar-refractivity contribution < 1.29 is 19.0 Å². The molecule has 0 amide bonds. The van der Waals surface area contributed by atoms with Gasteiger partial charge in [-0.3, -0.25) is 14.3 Å². The fourth-order valence-electron chi connectivity index (χ4n) is 3.10. The monoisotopic (exact) mass is 426 g/mol. The van der Waals surface area contributed by atoms with Crippen LogP contribution in [0.5, 0.6) is 11.5 Å². The Bertz CT molecular complexity index is 1020. The molecular weight excluding hydrogens is 399 g/mol. The number of aromatic nitrogens is 1. The summed E-state index contributed by atoms with van der Waals surface area (Å²) in [5.74, 6) is 0.840. The molecule has 1 unspecified atom stereocenters. The van der Waals surface area contributed by atoms with Crippen molar-refractivity contribution in [3.05, 3.63) is 88.6 Å². The van der Waals surface area contributed by atoms with Crippen LogP contribution >= 0.6 is 0 Å². The van der Waals surface area contributed by atoms with E-state index in [1.165, 1.54) is 22.8 Å². The lowest BCUT2D eigenvalue weighted by atomic mass is 10.2. The van der Waals surface area contributed by atoms with Gasteiger partial charge in [0.1, 0.15) is 36.8 Å². The lowest BCUT2D eigenvalue weighted by Gasteiger charge is -2.23. The summed E-state index contributed by atoms with van der Waals surface area (Å²) in [5.41, 5.74) is 1.30. The third kappa shape index (κ3) is 6.41. The minimum absolute atomic E-state index is 0.221. The SMILES string of the molecule is CCN(CCOc1ccc(-n2ccc(OCc3ccc(F)cc3)cc2=O)cc1)C(C)O. The van der Waals surface area contributed by atoms with Crippen molar-refractivity contribution in [1.82, 2.24) is 9.47 Å². The summed E-state index contributed by atoms with van der Waals surface area (Å²) in [6, 6.07) is 16.4. The van der Waals surface area contributed by atoms with E-state index in [2.05, 4.69) is 0 Å². The smallest absolute Gasteiger partial charge is 0.258 e. The second kappa shape index (κ2) is 10.7. The van der Waals surface area contributed by atoms with Crippen molar-refractivity contribution in [3.8, 4) is 17.2 Å². The standard InChI is InChI=1S/C24H27FN2O4/c1-3-26(18(2)28)14-15-30-22-10-8-21(9-11-22)27-13-12-23(16-24(27)29)31-17-19-4-6-20(25)7-5-19/h4-13,16,18,28H,3,14-15,17H2,1-2H3. The first-order valence-electron chi connectivity index (χ1n) is 10.2. The van der Waals surface area contributed by atoms with Crippen molar-refractivity contribution in [2.75, 3.05) is 19.7 Å². The van der Waals surface area contributed by atoms with Crippen LogP contribution in [0.25, 0.3) is 5.69 Å². The zero-order valence-corrected chi connectivity index (χ0v) is 17.7. The molecule has 1 N–H and O–H groups in total. The molecule has 0 aliphatic rings. The predicted octanol–water partition coefficient (Wildman–Crippen LogP) is 3.59. The van der Waals surface area contributed by atoms with Gasteiger partial charge in [-0.1, -0.05) is 19.1 Å². The average molecular weight is 426 g/mol. The Kier molecular flexibility index (Phi) is 7.81. The van der Waals surface area contributed by atoms with Gasteiger partial charge in [0.05, 0.1) is 0 Å². The Labute approximate surface area is 181 Å². The second-order valence-corrected chi connectivity index (χ2v) is 7.09. The molecule has 3 aromatic rings. The van der Waals surface area contributed by atoms with E-state index in [0.29, 0.717) is 30.3 Å². The van der Waals surface area contributed by atoms with E-state index >= 15 is 0 Å². The molecule has 164 valence electrons. The molecule has 0 spiro atoms. The lowest BCUT2D eigenvalue weighted by molar-refractivity contribution is 0.0145. The number of nitrogens with zero attached hydrogens (tertiary/aromatic N) is 2. The van der Waals surface area contributed by atoms with Gasteiger partial charge in [-0.2, -0.15) is 0 Å². The predicted molar refractivity (Wildman–Crippen MR) is 117 cm³/mol. The summed E-state index contributed by atoms with van der Waals surface area (Å²) in [4.78, 5) is 14.4. The maximum Gasteiger partial charge on any atom is 0.258 e. The summed E-state index contributed by atoms with van der Waals surface area (Å²) >= 11 is 0. The van der Waals surface area contributed by atoms with Crippen molar-refractivity contribution >= 4 is 0 Å². The molecule has 0 fully saturated rings. The molecule has 0 aliphatic carbocycles. The quantitative estimate of drug-likeness (QED) is 0.502. The first-order valence-corrected chi connectivity index (χ1v) is 10.2. The van der Waals surface area contributed by atoms with Crippen LogP contribution in [0.1, 0.15) is 19.4 Å². The molecule has 0 saturated heterocycles. The molecule has 0 saturated carbocycles. The molecule has 3 rings (SSSR count). The molecule has 0 aliphatic heterocycles. The van der Waals surface area contributed by atoms with Crippen LogP contribution in [-0.2, 0) is 6.61 Å². The minimum atomic E-state index is -0.509.